The molecule has 0 aromatic heterocycles. The maximum atomic E-state index is 14.7. The van der Waals surface area contributed by atoms with Crippen molar-refractivity contribution in [2.75, 3.05) is 25.4 Å². The lowest BCUT2D eigenvalue weighted by atomic mass is 9.97. The fourth-order valence-electron chi connectivity index (χ4n) is 3.89. The average molecular weight is 466 g/mol. The Morgan fingerprint density at radius 3 is 2.84 bits per heavy atom. The first-order chi connectivity index (χ1) is 14.9. The van der Waals surface area contributed by atoms with Crippen molar-refractivity contribution < 1.29 is 13.7 Å². The molecule has 1 heterocycles. The predicted molar refractivity (Wildman–Crippen MR) is 123 cm³/mol. The van der Waals surface area contributed by atoms with Crippen LogP contribution in [0.15, 0.2) is 41.3 Å². The number of benzene rings is 2. The molecule has 3 N–H and O–H groups in total. The van der Waals surface area contributed by atoms with Gasteiger partial charge in [0.1, 0.15) is 11.6 Å². The molecule has 0 spiro atoms. The van der Waals surface area contributed by atoms with Gasteiger partial charge in [-0.05, 0) is 80.3 Å². The lowest BCUT2D eigenvalue weighted by Crippen LogP contribution is -2.38. The molecule has 3 rings (SSSR count). The van der Waals surface area contributed by atoms with E-state index in [0.29, 0.717) is 45.8 Å². The molecular weight excluding hydrogens is 437 g/mol. The summed E-state index contributed by atoms with van der Waals surface area (Å²) >= 11 is 4.90. The summed E-state index contributed by atoms with van der Waals surface area (Å²) in [6.07, 6.45) is 2.19. The summed E-state index contributed by atoms with van der Waals surface area (Å²) in [5, 5.41) is 3.29. The molecule has 0 radical (unpaired) electrons. The van der Waals surface area contributed by atoms with E-state index in [1.807, 2.05) is 6.92 Å². The average Bonchev–Trinajstić information content (AvgIpc) is 2.78. The van der Waals surface area contributed by atoms with E-state index in [0.717, 1.165) is 25.9 Å². The molecule has 1 aliphatic heterocycles. The molecule has 8 heteroatoms. The summed E-state index contributed by atoms with van der Waals surface area (Å²) in [6.45, 7) is 4.96. The quantitative estimate of drug-likeness (QED) is 0.582. The largest absolute Gasteiger partial charge is 0.611 e. The zero-order valence-electron chi connectivity index (χ0n) is 17.7. The minimum Gasteiger partial charge on any atom is -0.611 e. The van der Waals surface area contributed by atoms with Crippen molar-refractivity contribution in [2.24, 2.45) is 11.7 Å². The lowest BCUT2D eigenvalue weighted by Gasteiger charge is -2.32. The van der Waals surface area contributed by atoms with Crippen LogP contribution in [0.2, 0.25) is 5.02 Å². The third-order valence-corrected chi connectivity index (χ3v) is 7.26. The van der Waals surface area contributed by atoms with Gasteiger partial charge in [0.15, 0.2) is 4.90 Å². The number of piperidine rings is 1. The second kappa shape index (κ2) is 11.3. The molecule has 168 valence electrons. The van der Waals surface area contributed by atoms with Crippen LogP contribution in [0.1, 0.15) is 41.3 Å². The number of hydrogen-bond donors (Lipinski definition) is 2. The van der Waals surface area contributed by atoms with Crippen LogP contribution in [0.4, 0.5) is 4.39 Å². The third-order valence-electron chi connectivity index (χ3n) is 5.62. The number of carbonyl (C=O) groups is 1. The van der Waals surface area contributed by atoms with Gasteiger partial charge in [0.2, 0.25) is 0 Å². The van der Waals surface area contributed by atoms with Crippen LogP contribution in [0.25, 0.3) is 0 Å². The van der Waals surface area contributed by atoms with Crippen molar-refractivity contribution in [1.82, 2.24) is 10.2 Å². The van der Waals surface area contributed by atoms with Crippen LogP contribution >= 0.6 is 11.6 Å². The van der Waals surface area contributed by atoms with Gasteiger partial charge in [0.25, 0.3) is 5.91 Å². The summed E-state index contributed by atoms with van der Waals surface area (Å²) in [4.78, 5) is 15.4. The van der Waals surface area contributed by atoms with Gasteiger partial charge in [-0.25, -0.2) is 4.39 Å². The maximum absolute atomic E-state index is 14.7. The molecule has 1 unspecified atom stereocenters. The minimum atomic E-state index is -1.17. The first-order valence-electron chi connectivity index (χ1n) is 10.6. The molecule has 2 atom stereocenters. The molecular formula is C23H29ClFN3O2S. The van der Waals surface area contributed by atoms with Gasteiger partial charge in [-0.2, -0.15) is 0 Å². The van der Waals surface area contributed by atoms with E-state index in [-0.39, 0.29) is 18.0 Å². The topological polar surface area (TPSA) is 81.4 Å². The molecule has 31 heavy (non-hydrogen) atoms. The Balaban J connectivity index is 1.64. The van der Waals surface area contributed by atoms with Crippen LogP contribution in [-0.4, -0.2) is 40.7 Å². The van der Waals surface area contributed by atoms with Gasteiger partial charge >= 0.3 is 0 Å². The van der Waals surface area contributed by atoms with Crippen LogP contribution in [0.5, 0.6) is 0 Å². The van der Waals surface area contributed by atoms with Crippen molar-refractivity contribution in [3.8, 4) is 0 Å². The van der Waals surface area contributed by atoms with Crippen LogP contribution < -0.4 is 11.1 Å². The normalized spacial score (nSPS) is 18.0. The van der Waals surface area contributed by atoms with Crippen molar-refractivity contribution in [3.63, 3.8) is 0 Å². The summed E-state index contributed by atoms with van der Waals surface area (Å²) in [5.74, 6) is 0.149. The lowest BCUT2D eigenvalue weighted by molar-refractivity contribution is 0.0950. The molecule has 0 bridgehead atoms. The van der Waals surface area contributed by atoms with Crippen molar-refractivity contribution >= 4 is 28.7 Å². The number of carbonyl (C=O) groups excluding carboxylic acids is 1. The highest BCUT2D eigenvalue weighted by Gasteiger charge is 2.20. The molecule has 5 nitrogen and oxygen atoms in total. The highest BCUT2D eigenvalue weighted by atomic mass is 35.5. The smallest absolute Gasteiger partial charge is 0.251 e. The molecule has 0 aliphatic carbocycles. The van der Waals surface area contributed by atoms with Crippen molar-refractivity contribution in [1.29, 1.82) is 0 Å². The fraction of sp³-hybridized carbons (Fsp3) is 0.435. The van der Waals surface area contributed by atoms with E-state index in [1.54, 1.807) is 30.3 Å². The number of hydrogen-bond acceptors (Lipinski definition) is 4. The zero-order chi connectivity index (χ0) is 22.4. The van der Waals surface area contributed by atoms with Crippen LogP contribution in [0, 0.1) is 11.7 Å². The Kier molecular flexibility index (Phi) is 8.75. The Labute approximate surface area is 191 Å². The fourth-order valence-corrected chi connectivity index (χ4v) is 5.04. The van der Waals surface area contributed by atoms with Crippen LogP contribution in [-0.2, 0) is 24.3 Å². The summed E-state index contributed by atoms with van der Waals surface area (Å²) in [6, 6.07) is 9.68. The van der Waals surface area contributed by atoms with E-state index < -0.39 is 17.0 Å². The molecule has 2 aromatic carbocycles. The highest BCUT2D eigenvalue weighted by molar-refractivity contribution is 7.91. The molecule has 1 aliphatic rings. The molecule has 0 saturated carbocycles. The maximum Gasteiger partial charge on any atom is 0.251 e. The Morgan fingerprint density at radius 1 is 1.32 bits per heavy atom. The summed E-state index contributed by atoms with van der Waals surface area (Å²) in [7, 11) is 0. The number of nitrogens with one attached hydrogen (secondary N) is 1. The standard InChI is InChI=1S/C23H29ClFN3O2S/c1-2-31(30)22-8-7-20(24)10-19(22)13-27-23(29)17-5-6-18(21(25)11-17)15-28-9-3-4-16(12-26)14-28/h5-8,10-11,16H,2-4,9,12-15,26H2,1H3,(H,27,29)/t16-,31?/m0/s1. The van der Waals surface area contributed by atoms with Crippen molar-refractivity contribution in [2.45, 2.75) is 37.8 Å². The van der Waals surface area contributed by atoms with E-state index in [2.05, 4.69) is 10.2 Å². The van der Waals surface area contributed by atoms with E-state index >= 15 is 0 Å². The molecule has 1 amide bonds. The summed E-state index contributed by atoms with van der Waals surface area (Å²) in [5.41, 5.74) is 7.30. The number of rotatable bonds is 8. The number of nitrogens with two attached hydrogens (primary N) is 1. The van der Waals surface area contributed by atoms with Crippen LogP contribution in [0.3, 0.4) is 0 Å². The second-order valence-electron chi connectivity index (χ2n) is 7.85. The third kappa shape index (κ3) is 6.43. The van der Waals surface area contributed by atoms with Gasteiger partial charge in [0, 0.05) is 41.3 Å². The highest BCUT2D eigenvalue weighted by Crippen LogP contribution is 2.22. The van der Waals surface area contributed by atoms with Crippen molar-refractivity contribution in [3.05, 3.63) is 63.9 Å². The van der Waals surface area contributed by atoms with Gasteiger partial charge in [-0.1, -0.05) is 17.7 Å². The van der Waals surface area contributed by atoms with Gasteiger partial charge in [-0.15, -0.1) is 0 Å². The second-order valence-corrected chi connectivity index (χ2v) is 10.00. The Hall–Kier alpha value is -1.64. The Morgan fingerprint density at radius 2 is 2.13 bits per heavy atom. The van der Waals surface area contributed by atoms with E-state index in [1.165, 1.54) is 6.07 Å². The first-order valence-corrected chi connectivity index (χ1v) is 12.3. The van der Waals surface area contributed by atoms with Gasteiger partial charge in [-0.3, -0.25) is 9.69 Å². The van der Waals surface area contributed by atoms with Gasteiger partial charge in [0.05, 0.1) is 0 Å². The summed E-state index contributed by atoms with van der Waals surface area (Å²) < 4.78 is 26.9. The number of nitrogens with zero attached hydrogens (tertiary/aromatic N) is 1. The van der Waals surface area contributed by atoms with E-state index in [4.69, 9.17) is 17.3 Å². The number of likely N-dealkylation sites (tertiary alicyclic amines) is 1. The molecule has 1 fully saturated rings. The molecule has 2 aromatic rings. The zero-order valence-corrected chi connectivity index (χ0v) is 19.3. The predicted octanol–water partition coefficient (Wildman–Crippen LogP) is 3.71. The molecule has 1 saturated heterocycles. The number of halogens is 2. The number of amides is 1. The minimum absolute atomic E-state index is 0.165. The monoisotopic (exact) mass is 465 g/mol. The Bertz CT molecular complexity index is 914. The SMILES string of the molecule is CC[S+]([O-])c1ccc(Cl)cc1CNC(=O)c1ccc(CN2CCC[C@@H](CN)C2)c(F)c1. The van der Waals surface area contributed by atoms with Gasteiger partial charge < -0.3 is 15.6 Å². The first kappa shape index (κ1) is 24.0. The van der Waals surface area contributed by atoms with E-state index in [9.17, 15) is 13.7 Å².